The molecule has 0 radical (unpaired) electrons. The van der Waals surface area contributed by atoms with Crippen LogP contribution in [0.15, 0.2) is 76.5 Å². The molecular weight excluding hydrogens is 581 g/mol. The number of carbonyl (C=O) groups is 1. The molecular formula is C25H22ClF3N2O6S2. The number of sulfonamides is 2. The second-order valence-corrected chi connectivity index (χ2v) is 12.9. The highest BCUT2D eigenvalue weighted by molar-refractivity contribution is 7.89. The van der Waals surface area contributed by atoms with Gasteiger partial charge < -0.3 is 5.11 Å². The number of rotatable bonds is 7. The number of hydrogen-bond donors (Lipinski definition) is 2. The summed E-state index contributed by atoms with van der Waals surface area (Å²) in [5.74, 6) is -1.29. The second-order valence-electron chi connectivity index (χ2n) is 8.85. The predicted molar refractivity (Wildman–Crippen MR) is 137 cm³/mol. The molecule has 0 aromatic heterocycles. The lowest BCUT2D eigenvalue weighted by molar-refractivity contribution is -0.139. The Morgan fingerprint density at radius 3 is 2.13 bits per heavy atom. The number of carboxylic acid groups (broad SMARTS) is 1. The van der Waals surface area contributed by atoms with Crippen LogP contribution in [0.2, 0.25) is 5.02 Å². The zero-order valence-electron chi connectivity index (χ0n) is 20.0. The first-order valence-electron chi connectivity index (χ1n) is 11.5. The molecule has 1 aliphatic rings. The minimum absolute atomic E-state index is 0.00128. The average Bonchev–Trinajstić information content (AvgIpc) is 2.88. The molecule has 0 aliphatic carbocycles. The number of piperidine rings is 1. The van der Waals surface area contributed by atoms with Gasteiger partial charge in [0.25, 0.3) is 0 Å². The average molecular weight is 603 g/mol. The van der Waals surface area contributed by atoms with Crippen LogP contribution in [0.3, 0.4) is 0 Å². The minimum Gasteiger partial charge on any atom is -0.478 e. The number of benzene rings is 3. The largest absolute Gasteiger partial charge is 0.478 e. The zero-order chi connectivity index (χ0) is 28.6. The van der Waals surface area contributed by atoms with Gasteiger partial charge in [0.05, 0.1) is 20.9 Å². The maximum Gasteiger partial charge on any atom is 0.417 e. The Kier molecular flexibility index (Phi) is 8.11. The first kappa shape index (κ1) is 29.0. The van der Waals surface area contributed by atoms with Crippen LogP contribution in [0.4, 0.5) is 13.2 Å². The molecule has 2 N–H and O–H groups in total. The van der Waals surface area contributed by atoms with E-state index in [-0.39, 0.29) is 42.0 Å². The van der Waals surface area contributed by atoms with Gasteiger partial charge >= 0.3 is 12.1 Å². The third-order valence-corrected chi connectivity index (χ3v) is 9.97. The summed E-state index contributed by atoms with van der Waals surface area (Å²) in [7, 11) is -8.69. The molecule has 0 atom stereocenters. The van der Waals surface area contributed by atoms with Crippen molar-refractivity contribution in [1.29, 1.82) is 0 Å². The molecule has 1 heterocycles. The van der Waals surface area contributed by atoms with Gasteiger partial charge in [0.2, 0.25) is 20.0 Å². The Morgan fingerprint density at radius 2 is 1.54 bits per heavy atom. The molecule has 0 unspecified atom stereocenters. The van der Waals surface area contributed by atoms with Gasteiger partial charge in [0.15, 0.2) is 0 Å². The van der Waals surface area contributed by atoms with Crippen molar-refractivity contribution in [2.45, 2.75) is 34.9 Å². The van der Waals surface area contributed by atoms with Crippen LogP contribution < -0.4 is 4.72 Å². The molecule has 1 saturated heterocycles. The number of nitrogens with zero attached hydrogens (tertiary/aromatic N) is 1. The number of alkyl halides is 3. The van der Waals surface area contributed by atoms with E-state index < -0.39 is 48.7 Å². The number of hydrogen-bond acceptors (Lipinski definition) is 5. The predicted octanol–water partition coefficient (Wildman–Crippen LogP) is 4.86. The summed E-state index contributed by atoms with van der Waals surface area (Å²) in [6.45, 7) is -0.233. The fraction of sp³-hybridized carbons (Fsp3) is 0.240. The quantitative estimate of drug-likeness (QED) is 0.399. The van der Waals surface area contributed by atoms with Crippen LogP contribution in [-0.4, -0.2) is 51.3 Å². The lowest BCUT2D eigenvalue weighted by Crippen LogP contribution is -2.46. The van der Waals surface area contributed by atoms with Gasteiger partial charge in [-0.1, -0.05) is 35.9 Å². The summed E-state index contributed by atoms with van der Waals surface area (Å²) < 4.78 is 97.1. The van der Waals surface area contributed by atoms with Gasteiger partial charge in [-0.25, -0.2) is 26.4 Å². The third kappa shape index (κ3) is 6.44. The van der Waals surface area contributed by atoms with Crippen molar-refractivity contribution in [2.24, 2.45) is 0 Å². The number of aromatic carboxylic acids is 1. The highest BCUT2D eigenvalue weighted by Crippen LogP contribution is 2.37. The highest BCUT2D eigenvalue weighted by Gasteiger charge is 2.39. The van der Waals surface area contributed by atoms with Crippen LogP contribution in [0, 0.1) is 0 Å². The Balaban J connectivity index is 1.52. The zero-order valence-corrected chi connectivity index (χ0v) is 22.4. The van der Waals surface area contributed by atoms with Crippen molar-refractivity contribution in [2.75, 3.05) is 13.1 Å². The van der Waals surface area contributed by atoms with Crippen LogP contribution in [-0.2, 0) is 26.2 Å². The van der Waals surface area contributed by atoms with E-state index in [2.05, 4.69) is 4.72 Å². The van der Waals surface area contributed by atoms with Gasteiger partial charge in [0, 0.05) is 24.2 Å². The molecule has 1 aliphatic heterocycles. The van der Waals surface area contributed by atoms with Gasteiger partial charge in [-0.05, 0) is 66.4 Å². The van der Waals surface area contributed by atoms with Gasteiger partial charge in [-0.2, -0.15) is 17.5 Å². The molecule has 4 rings (SSSR count). The van der Waals surface area contributed by atoms with Crippen molar-refractivity contribution in [3.63, 3.8) is 0 Å². The topological polar surface area (TPSA) is 121 Å². The molecule has 0 spiro atoms. The van der Waals surface area contributed by atoms with Crippen molar-refractivity contribution >= 4 is 37.6 Å². The second kappa shape index (κ2) is 10.9. The monoisotopic (exact) mass is 602 g/mol. The van der Waals surface area contributed by atoms with E-state index in [1.165, 1.54) is 48.5 Å². The SMILES string of the molecule is O=C(O)c1cccc(S(=O)(=O)N2CCC(NS(=O)(=O)c3ccc(-c4ccc(Cl)cc4)cc3C(F)(F)F)CC2)c1. The summed E-state index contributed by atoms with van der Waals surface area (Å²) in [5.41, 5.74) is -0.963. The number of nitrogens with one attached hydrogen (secondary N) is 1. The normalized spacial score (nSPS) is 15.8. The lowest BCUT2D eigenvalue weighted by atomic mass is 10.0. The van der Waals surface area contributed by atoms with Crippen LogP contribution in [0.5, 0.6) is 0 Å². The summed E-state index contributed by atoms with van der Waals surface area (Å²) in [6, 6.07) is 13.0. The molecule has 0 saturated carbocycles. The summed E-state index contributed by atoms with van der Waals surface area (Å²) in [5, 5.41) is 9.52. The van der Waals surface area contributed by atoms with E-state index in [4.69, 9.17) is 16.7 Å². The Labute approximate surface area is 228 Å². The Morgan fingerprint density at radius 1 is 0.923 bits per heavy atom. The molecule has 1 fully saturated rings. The van der Waals surface area contributed by atoms with Crippen molar-refractivity contribution in [1.82, 2.24) is 9.03 Å². The fourth-order valence-corrected chi connectivity index (χ4v) is 7.40. The molecule has 14 heteroatoms. The smallest absolute Gasteiger partial charge is 0.417 e. The van der Waals surface area contributed by atoms with Gasteiger partial charge in [-0.15, -0.1) is 0 Å². The van der Waals surface area contributed by atoms with Crippen LogP contribution >= 0.6 is 11.6 Å². The molecule has 0 amide bonds. The summed E-state index contributed by atoms with van der Waals surface area (Å²) >= 11 is 5.84. The van der Waals surface area contributed by atoms with Crippen molar-refractivity contribution < 1.29 is 39.9 Å². The summed E-state index contributed by atoms with van der Waals surface area (Å²) in [6.07, 6.45) is -4.96. The van der Waals surface area contributed by atoms with E-state index in [9.17, 15) is 34.8 Å². The van der Waals surface area contributed by atoms with Crippen molar-refractivity contribution in [3.8, 4) is 11.1 Å². The summed E-state index contributed by atoms with van der Waals surface area (Å²) in [4.78, 5) is 10.0. The molecule has 39 heavy (non-hydrogen) atoms. The number of halogens is 4. The molecule has 8 nitrogen and oxygen atoms in total. The van der Waals surface area contributed by atoms with Crippen LogP contribution in [0.25, 0.3) is 11.1 Å². The van der Waals surface area contributed by atoms with Crippen molar-refractivity contribution in [3.05, 3.63) is 82.9 Å². The van der Waals surface area contributed by atoms with E-state index in [0.717, 1.165) is 22.5 Å². The molecule has 208 valence electrons. The maximum absolute atomic E-state index is 13.9. The lowest BCUT2D eigenvalue weighted by Gasteiger charge is -2.31. The van der Waals surface area contributed by atoms with E-state index in [0.29, 0.717) is 10.6 Å². The minimum atomic E-state index is -4.96. The first-order chi connectivity index (χ1) is 18.2. The van der Waals surface area contributed by atoms with Gasteiger partial charge in [-0.3, -0.25) is 0 Å². The molecule has 0 bridgehead atoms. The standard InChI is InChI=1S/C25H22ClF3N2O6S2/c26-19-7-4-16(5-8-19)17-6-9-23(22(15-17)25(27,28)29)38(34,35)30-20-10-12-31(13-11-20)39(36,37)21-3-1-2-18(14-21)24(32)33/h1-9,14-15,20,30H,10-13H2,(H,32,33). The number of carboxylic acids is 1. The molecule has 3 aromatic rings. The van der Waals surface area contributed by atoms with Crippen LogP contribution in [0.1, 0.15) is 28.8 Å². The first-order valence-corrected chi connectivity index (χ1v) is 14.8. The van der Waals surface area contributed by atoms with E-state index >= 15 is 0 Å². The van der Waals surface area contributed by atoms with E-state index in [1.54, 1.807) is 0 Å². The van der Waals surface area contributed by atoms with Gasteiger partial charge in [0.1, 0.15) is 0 Å². The Bertz CT molecular complexity index is 1600. The highest BCUT2D eigenvalue weighted by atomic mass is 35.5. The fourth-order valence-electron chi connectivity index (χ4n) is 4.24. The molecule has 3 aromatic carbocycles. The Hall–Kier alpha value is -2.97. The third-order valence-electron chi connectivity index (χ3n) is 6.25. The maximum atomic E-state index is 13.9. The van der Waals surface area contributed by atoms with E-state index in [1.807, 2.05) is 0 Å².